The summed E-state index contributed by atoms with van der Waals surface area (Å²) in [5.74, 6) is 0.404. The van der Waals surface area contributed by atoms with Crippen molar-refractivity contribution in [2.24, 2.45) is 0 Å². The summed E-state index contributed by atoms with van der Waals surface area (Å²) in [6, 6.07) is 0. The van der Waals surface area contributed by atoms with E-state index in [1.807, 2.05) is 6.20 Å². The quantitative estimate of drug-likeness (QED) is 0.885. The minimum atomic E-state index is -0.980. The van der Waals surface area contributed by atoms with Gasteiger partial charge in [-0.2, -0.15) is 0 Å². The fourth-order valence-electron chi connectivity index (χ4n) is 5.04. The van der Waals surface area contributed by atoms with Crippen LogP contribution in [0.3, 0.4) is 0 Å². The zero-order valence-corrected chi connectivity index (χ0v) is 16.3. The number of imidazole rings is 1. The summed E-state index contributed by atoms with van der Waals surface area (Å²) >= 11 is 0. The third-order valence-electron chi connectivity index (χ3n) is 6.59. The molecule has 2 aromatic rings. The molecule has 6 nitrogen and oxygen atoms in total. The smallest absolute Gasteiger partial charge is 0.251 e. The first-order valence-electron chi connectivity index (χ1n) is 10.7. The molecule has 1 saturated carbocycles. The van der Waals surface area contributed by atoms with Crippen LogP contribution in [0.4, 0.5) is 0 Å². The van der Waals surface area contributed by atoms with Crippen molar-refractivity contribution in [2.75, 3.05) is 13.1 Å². The van der Waals surface area contributed by atoms with Crippen molar-refractivity contribution in [2.45, 2.75) is 69.8 Å². The average molecular weight is 380 g/mol. The van der Waals surface area contributed by atoms with Gasteiger partial charge in [-0.05, 0) is 31.3 Å². The van der Waals surface area contributed by atoms with Gasteiger partial charge in [0.2, 0.25) is 0 Å². The summed E-state index contributed by atoms with van der Waals surface area (Å²) in [6.45, 7) is 1.53. The second-order valence-corrected chi connectivity index (χ2v) is 8.47. The molecule has 0 aromatic carbocycles. The Morgan fingerprint density at radius 1 is 1.18 bits per heavy atom. The van der Waals surface area contributed by atoms with E-state index in [0.717, 1.165) is 60.7 Å². The Labute approximate surface area is 165 Å². The molecule has 1 unspecified atom stereocenters. The second kappa shape index (κ2) is 7.32. The number of fused-ring (bicyclic) bond motifs is 3. The van der Waals surface area contributed by atoms with E-state index in [0.29, 0.717) is 12.3 Å². The zero-order chi connectivity index (χ0) is 19.1. The Morgan fingerprint density at radius 2 is 1.96 bits per heavy atom. The molecule has 0 bridgehead atoms. The fraction of sp³-hybridized carbons (Fsp3) is 0.591. The van der Waals surface area contributed by atoms with Crippen LogP contribution in [-0.2, 0) is 11.2 Å². The number of carbonyl (C=O) groups excluding carboxylic acids is 1. The fourth-order valence-corrected chi connectivity index (χ4v) is 5.04. The van der Waals surface area contributed by atoms with Gasteiger partial charge in [0.05, 0.1) is 23.3 Å². The normalized spacial score (nSPS) is 21.2. The molecule has 1 saturated heterocycles. The number of hydrogen-bond donors (Lipinski definition) is 1. The van der Waals surface area contributed by atoms with Crippen molar-refractivity contribution in [1.82, 2.24) is 19.3 Å². The Bertz CT molecular complexity index is 920. The molecule has 1 N–H and O–H groups in total. The number of aliphatic hydroxyl groups excluding tert-OH is 1. The largest absolute Gasteiger partial charge is 0.383 e. The molecule has 0 radical (unpaired) electrons. The van der Waals surface area contributed by atoms with Crippen molar-refractivity contribution >= 4 is 17.1 Å². The maximum absolute atomic E-state index is 12.5. The van der Waals surface area contributed by atoms with Crippen LogP contribution in [-0.4, -0.2) is 49.5 Å². The number of hydrogen-bond acceptors (Lipinski definition) is 4. The number of nitrogens with zero attached hydrogens (tertiary/aromatic N) is 4. The van der Waals surface area contributed by atoms with Crippen molar-refractivity contribution in [1.29, 1.82) is 0 Å². The minimum Gasteiger partial charge on any atom is -0.383 e. The van der Waals surface area contributed by atoms with Gasteiger partial charge in [0.15, 0.2) is 5.65 Å². The van der Waals surface area contributed by atoms with E-state index < -0.39 is 6.10 Å². The summed E-state index contributed by atoms with van der Waals surface area (Å²) in [5, 5.41) is 10.6. The van der Waals surface area contributed by atoms with E-state index >= 15 is 0 Å². The summed E-state index contributed by atoms with van der Waals surface area (Å²) in [5.41, 5.74) is 5.08. The highest BCUT2D eigenvalue weighted by Gasteiger charge is 2.29. The second-order valence-electron chi connectivity index (χ2n) is 8.47. The van der Waals surface area contributed by atoms with Crippen LogP contribution in [0.5, 0.6) is 0 Å². The van der Waals surface area contributed by atoms with Crippen molar-refractivity contribution in [3.8, 4) is 0 Å². The van der Waals surface area contributed by atoms with Gasteiger partial charge in [-0.25, -0.2) is 4.98 Å². The van der Waals surface area contributed by atoms with Crippen LogP contribution in [0.15, 0.2) is 18.5 Å². The van der Waals surface area contributed by atoms with Crippen molar-refractivity contribution in [3.63, 3.8) is 0 Å². The van der Waals surface area contributed by atoms with Crippen LogP contribution in [0.2, 0.25) is 0 Å². The SMILES string of the molecule is O=C(C(O)CC1=CCc2ncc3nc(C4CCCCC4)cn3c21)N1CCCC1. The molecular weight excluding hydrogens is 352 g/mol. The van der Waals surface area contributed by atoms with Crippen LogP contribution in [0, 0.1) is 0 Å². The standard InChI is InChI=1S/C22H28N4O2/c27-19(22(28)25-10-4-5-11-25)12-16-8-9-17-21(16)26-14-18(24-20(26)13-23-17)15-6-2-1-3-7-15/h8,13-15,19,27H,1-7,9-12H2. The highest BCUT2D eigenvalue weighted by Crippen LogP contribution is 2.35. The van der Waals surface area contributed by atoms with Gasteiger partial charge in [0.25, 0.3) is 5.91 Å². The molecule has 1 atom stereocenters. The number of aromatic nitrogens is 3. The van der Waals surface area contributed by atoms with E-state index in [-0.39, 0.29) is 5.91 Å². The van der Waals surface area contributed by atoms with Crippen LogP contribution in [0.1, 0.15) is 74.4 Å². The lowest BCUT2D eigenvalue weighted by Gasteiger charge is -2.20. The van der Waals surface area contributed by atoms with E-state index in [2.05, 4.69) is 21.7 Å². The van der Waals surface area contributed by atoms with Gasteiger partial charge < -0.3 is 10.0 Å². The first-order chi connectivity index (χ1) is 13.7. The summed E-state index contributed by atoms with van der Waals surface area (Å²) in [7, 11) is 0. The van der Waals surface area contributed by atoms with Gasteiger partial charge in [0, 0.05) is 38.0 Å². The third kappa shape index (κ3) is 3.13. The first-order valence-corrected chi connectivity index (χ1v) is 10.7. The van der Waals surface area contributed by atoms with Crippen LogP contribution in [0.25, 0.3) is 11.2 Å². The Kier molecular flexibility index (Phi) is 4.67. The van der Waals surface area contributed by atoms with E-state index in [4.69, 9.17) is 4.98 Å². The lowest BCUT2D eigenvalue weighted by atomic mass is 9.87. The molecule has 0 spiro atoms. The maximum atomic E-state index is 12.5. The number of amides is 1. The van der Waals surface area contributed by atoms with Crippen LogP contribution < -0.4 is 0 Å². The molecule has 148 valence electrons. The van der Waals surface area contributed by atoms with Gasteiger partial charge in [-0.3, -0.25) is 14.2 Å². The predicted octanol–water partition coefficient (Wildman–Crippen LogP) is 3.09. The number of allylic oxidation sites excluding steroid dienone is 1. The predicted molar refractivity (Wildman–Crippen MR) is 107 cm³/mol. The molecule has 3 aliphatic rings. The maximum Gasteiger partial charge on any atom is 0.251 e. The summed E-state index contributed by atoms with van der Waals surface area (Å²) in [4.78, 5) is 23.8. The average Bonchev–Trinajstić information content (AvgIpc) is 3.47. The zero-order valence-electron chi connectivity index (χ0n) is 16.3. The van der Waals surface area contributed by atoms with Crippen molar-refractivity contribution < 1.29 is 9.90 Å². The van der Waals surface area contributed by atoms with E-state index in [1.54, 1.807) is 4.90 Å². The molecule has 1 aliphatic heterocycles. The molecule has 2 aromatic heterocycles. The molecule has 5 rings (SSSR count). The summed E-state index contributed by atoms with van der Waals surface area (Å²) < 4.78 is 2.14. The number of aliphatic hydroxyl groups is 1. The number of rotatable bonds is 4. The van der Waals surface area contributed by atoms with Crippen molar-refractivity contribution in [3.05, 3.63) is 35.6 Å². The molecule has 6 heteroatoms. The van der Waals surface area contributed by atoms with Gasteiger partial charge in [-0.15, -0.1) is 0 Å². The van der Waals surface area contributed by atoms with E-state index in [9.17, 15) is 9.90 Å². The lowest BCUT2D eigenvalue weighted by molar-refractivity contribution is -0.138. The Morgan fingerprint density at radius 3 is 2.75 bits per heavy atom. The molecular formula is C22H28N4O2. The molecule has 28 heavy (non-hydrogen) atoms. The first kappa shape index (κ1) is 17.9. The molecule has 3 heterocycles. The molecule has 1 amide bonds. The minimum absolute atomic E-state index is 0.138. The molecule has 2 aliphatic carbocycles. The Hall–Kier alpha value is -2.21. The Balaban J connectivity index is 1.41. The highest BCUT2D eigenvalue weighted by atomic mass is 16.3. The van der Waals surface area contributed by atoms with Gasteiger partial charge >= 0.3 is 0 Å². The van der Waals surface area contributed by atoms with E-state index in [1.165, 1.54) is 32.1 Å². The highest BCUT2D eigenvalue weighted by molar-refractivity contribution is 5.84. The lowest BCUT2D eigenvalue weighted by Crippen LogP contribution is -2.37. The number of likely N-dealkylation sites (tertiary alicyclic amines) is 1. The number of carbonyl (C=O) groups is 1. The van der Waals surface area contributed by atoms with Gasteiger partial charge in [0.1, 0.15) is 6.10 Å². The molecule has 2 fully saturated rings. The summed E-state index contributed by atoms with van der Waals surface area (Å²) in [6.07, 6.45) is 14.6. The van der Waals surface area contributed by atoms with Crippen LogP contribution >= 0.6 is 0 Å². The van der Waals surface area contributed by atoms with Gasteiger partial charge in [-0.1, -0.05) is 25.3 Å². The monoisotopic (exact) mass is 380 g/mol. The third-order valence-corrected chi connectivity index (χ3v) is 6.59. The topological polar surface area (TPSA) is 70.7 Å².